The number of fused-ring (bicyclic) bond motifs is 1. The van der Waals surface area contributed by atoms with Crippen molar-refractivity contribution in [1.29, 1.82) is 0 Å². The number of para-hydroxylation sites is 1. The van der Waals surface area contributed by atoms with Gasteiger partial charge in [-0.2, -0.15) is 0 Å². The second-order valence-corrected chi connectivity index (χ2v) is 7.75. The number of anilines is 1. The summed E-state index contributed by atoms with van der Waals surface area (Å²) in [6.45, 7) is 6.36. The van der Waals surface area contributed by atoms with E-state index in [0.29, 0.717) is 30.2 Å². The molecule has 8 nitrogen and oxygen atoms in total. The minimum absolute atomic E-state index is 0.339. The number of rotatable bonds is 3. The highest BCUT2D eigenvalue weighted by molar-refractivity contribution is 6.15. The van der Waals surface area contributed by atoms with Crippen LogP contribution in [0.4, 0.5) is 10.5 Å². The molecule has 0 spiro atoms. The second-order valence-electron chi connectivity index (χ2n) is 7.75. The monoisotopic (exact) mass is 375 g/mol. The van der Waals surface area contributed by atoms with Gasteiger partial charge < -0.3 is 20.3 Å². The van der Waals surface area contributed by atoms with E-state index >= 15 is 0 Å². The first-order valence-corrected chi connectivity index (χ1v) is 8.87. The van der Waals surface area contributed by atoms with Gasteiger partial charge in [0.1, 0.15) is 11.4 Å². The van der Waals surface area contributed by atoms with Gasteiger partial charge in [0.2, 0.25) is 0 Å². The van der Waals surface area contributed by atoms with Gasteiger partial charge in [-0.15, -0.1) is 0 Å². The van der Waals surface area contributed by atoms with E-state index in [9.17, 15) is 9.59 Å². The van der Waals surface area contributed by atoms with Crippen molar-refractivity contribution in [3.05, 3.63) is 29.8 Å². The van der Waals surface area contributed by atoms with Gasteiger partial charge in [0.05, 0.1) is 5.69 Å². The Morgan fingerprint density at radius 1 is 1.26 bits per heavy atom. The summed E-state index contributed by atoms with van der Waals surface area (Å²) in [5, 5.41) is 0. The van der Waals surface area contributed by atoms with Crippen molar-refractivity contribution in [3.63, 3.8) is 0 Å². The molecular weight excluding hydrogens is 346 g/mol. The largest absolute Gasteiger partial charge is 0.443 e. The Morgan fingerprint density at radius 3 is 2.48 bits per heavy atom. The van der Waals surface area contributed by atoms with E-state index in [-0.39, 0.29) is 5.91 Å². The van der Waals surface area contributed by atoms with Crippen molar-refractivity contribution in [2.24, 2.45) is 10.7 Å². The Morgan fingerprint density at radius 2 is 1.89 bits per heavy atom. The molecule has 148 valence electrons. The van der Waals surface area contributed by atoms with Crippen LogP contribution in [0.3, 0.4) is 0 Å². The van der Waals surface area contributed by atoms with E-state index in [1.54, 1.807) is 33.9 Å². The lowest BCUT2D eigenvalue weighted by Crippen LogP contribution is -2.45. The summed E-state index contributed by atoms with van der Waals surface area (Å²) in [5.74, 6) is 0.00102. The van der Waals surface area contributed by atoms with Gasteiger partial charge in [0.25, 0.3) is 5.91 Å². The molecular formula is C19H29N5O3. The first kappa shape index (κ1) is 20.9. The van der Waals surface area contributed by atoms with Crippen LogP contribution in [0.15, 0.2) is 29.3 Å². The first-order chi connectivity index (χ1) is 12.5. The number of benzodiazepines with no additional fused rings is 1. The van der Waals surface area contributed by atoms with Crippen LogP contribution in [0.5, 0.6) is 0 Å². The number of amides is 2. The van der Waals surface area contributed by atoms with Crippen LogP contribution in [-0.4, -0.2) is 73.6 Å². The van der Waals surface area contributed by atoms with Gasteiger partial charge in [-0.25, -0.2) is 9.79 Å². The van der Waals surface area contributed by atoms with Gasteiger partial charge in [0.15, 0.2) is 6.17 Å². The maximum atomic E-state index is 12.9. The maximum Gasteiger partial charge on any atom is 0.416 e. The molecule has 2 rings (SSSR count). The molecule has 1 aliphatic heterocycles. The normalized spacial score (nSPS) is 17.3. The number of ether oxygens (including phenoxy) is 1. The zero-order valence-electron chi connectivity index (χ0n) is 16.9. The standard InChI is InChI=1S/C19H29N5O3/c1-19(2,3)27-18(26)24(12-11-22(4)5)16-13-9-7-8-10-14(13)23(6)17(25)15(20)21-16/h7-10,15H,11-12,20H2,1-6H3/t15-/m1/s1. The molecule has 0 aromatic heterocycles. The summed E-state index contributed by atoms with van der Waals surface area (Å²) < 4.78 is 5.58. The lowest BCUT2D eigenvalue weighted by molar-refractivity contribution is -0.119. The lowest BCUT2D eigenvalue weighted by Gasteiger charge is -2.29. The fourth-order valence-electron chi connectivity index (χ4n) is 2.64. The number of nitrogens with zero attached hydrogens (tertiary/aromatic N) is 4. The smallest absolute Gasteiger partial charge is 0.416 e. The summed E-state index contributed by atoms with van der Waals surface area (Å²) in [5.41, 5.74) is 6.64. The number of hydrogen-bond acceptors (Lipinski definition) is 6. The average Bonchev–Trinajstić information content (AvgIpc) is 2.65. The molecule has 27 heavy (non-hydrogen) atoms. The highest BCUT2D eigenvalue weighted by Crippen LogP contribution is 2.26. The number of nitrogens with two attached hydrogens (primary N) is 1. The summed E-state index contributed by atoms with van der Waals surface area (Å²) in [7, 11) is 5.48. The maximum absolute atomic E-state index is 12.9. The number of carbonyl (C=O) groups excluding carboxylic acids is 2. The third-order valence-electron chi connectivity index (χ3n) is 3.99. The molecule has 0 radical (unpaired) electrons. The second kappa shape index (κ2) is 8.06. The van der Waals surface area contributed by atoms with Crippen LogP contribution < -0.4 is 10.6 Å². The van der Waals surface area contributed by atoms with Gasteiger partial charge in [-0.05, 0) is 47.0 Å². The SMILES string of the molecule is CN(C)CCN(C(=O)OC(C)(C)C)C1=N[C@@H](N)C(=O)N(C)c2ccccc21. The van der Waals surface area contributed by atoms with E-state index < -0.39 is 17.9 Å². The third-order valence-corrected chi connectivity index (χ3v) is 3.99. The van der Waals surface area contributed by atoms with Gasteiger partial charge in [-0.1, -0.05) is 12.1 Å². The van der Waals surface area contributed by atoms with E-state index in [0.717, 1.165) is 0 Å². The molecule has 1 heterocycles. The summed E-state index contributed by atoms with van der Waals surface area (Å²) in [6.07, 6.45) is -1.62. The van der Waals surface area contributed by atoms with Crippen LogP contribution in [0, 0.1) is 0 Å². The van der Waals surface area contributed by atoms with Crippen LogP contribution >= 0.6 is 0 Å². The molecule has 0 saturated carbocycles. The van der Waals surface area contributed by atoms with Crippen LogP contribution in [0.2, 0.25) is 0 Å². The third kappa shape index (κ3) is 5.05. The molecule has 1 aliphatic rings. The van der Waals surface area contributed by atoms with Gasteiger partial charge in [-0.3, -0.25) is 9.69 Å². The molecule has 0 aliphatic carbocycles. The van der Waals surface area contributed by atoms with E-state index in [2.05, 4.69) is 4.99 Å². The highest BCUT2D eigenvalue weighted by atomic mass is 16.6. The molecule has 8 heteroatoms. The Hall–Kier alpha value is -2.45. The molecule has 1 aromatic carbocycles. The molecule has 1 aromatic rings. The van der Waals surface area contributed by atoms with E-state index in [1.807, 2.05) is 37.2 Å². The van der Waals surface area contributed by atoms with Crippen molar-refractivity contribution < 1.29 is 14.3 Å². The summed E-state index contributed by atoms with van der Waals surface area (Å²) in [4.78, 5) is 34.7. The van der Waals surface area contributed by atoms with Crippen molar-refractivity contribution >= 4 is 23.5 Å². The van der Waals surface area contributed by atoms with Gasteiger partial charge in [0, 0.05) is 25.7 Å². The molecule has 1 atom stereocenters. The van der Waals surface area contributed by atoms with Crippen molar-refractivity contribution in [1.82, 2.24) is 9.80 Å². The van der Waals surface area contributed by atoms with Crippen molar-refractivity contribution in [2.45, 2.75) is 32.5 Å². The summed E-state index contributed by atoms with van der Waals surface area (Å²) in [6, 6.07) is 7.29. The van der Waals surface area contributed by atoms with Crippen LogP contribution in [0.1, 0.15) is 26.3 Å². The highest BCUT2D eigenvalue weighted by Gasteiger charge is 2.33. The average molecular weight is 375 g/mol. The van der Waals surface area contributed by atoms with E-state index in [4.69, 9.17) is 10.5 Å². The molecule has 0 unspecified atom stereocenters. The summed E-state index contributed by atoms with van der Waals surface area (Å²) >= 11 is 0. The Bertz CT molecular complexity index is 739. The van der Waals surface area contributed by atoms with Crippen molar-refractivity contribution in [2.75, 3.05) is 39.1 Å². The predicted octanol–water partition coefficient (Wildman–Crippen LogP) is 1.49. The zero-order chi connectivity index (χ0) is 20.4. The van der Waals surface area contributed by atoms with Crippen molar-refractivity contribution in [3.8, 4) is 0 Å². The predicted molar refractivity (Wildman–Crippen MR) is 106 cm³/mol. The first-order valence-electron chi connectivity index (χ1n) is 8.87. The van der Waals surface area contributed by atoms with E-state index in [1.165, 1.54) is 9.80 Å². The fraction of sp³-hybridized carbons (Fsp3) is 0.526. The molecule has 0 bridgehead atoms. The minimum Gasteiger partial charge on any atom is -0.443 e. The molecule has 0 saturated heterocycles. The van der Waals surface area contributed by atoms with Gasteiger partial charge >= 0.3 is 6.09 Å². The quantitative estimate of drug-likeness (QED) is 0.864. The number of benzene rings is 1. The lowest BCUT2D eigenvalue weighted by atomic mass is 10.1. The molecule has 2 N–H and O–H groups in total. The van der Waals surface area contributed by atoms with Crippen LogP contribution in [-0.2, 0) is 9.53 Å². The minimum atomic E-state index is -1.10. The fourth-order valence-corrected chi connectivity index (χ4v) is 2.64. The Labute approximate surface area is 160 Å². The number of carbonyl (C=O) groups is 2. The number of aliphatic imine (C=N–C) groups is 1. The number of hydrogen-bond donors (Lipinski definition) is 1. The molecule has 2 amide bonds. The number of amidine groups is 1. The molecule has 0 fully saturated rings. The Balaban J connectivity index is 2.54. The number of likely N-dealkylation sites (N-methyl/N-ethyl adjacent to an activating group) is 2. The van der Waals surface area contributed by atoms with Crippen LogP contribution in [0.25, 0.3) is 0 Å². The topological polar surface area (TPSA) is 91.5 Å². The zero-order valence-corrected chi connectivity index (χ0v) is 16.9. The Kier molecular flexibility index (Phi) is 6.22.